The Morgan fingerprint density at radius 2 is 1.71 bits per heavy atom. The topological polar surface area (TPSA) is 99.3 Å². The molecular weight excluding hydrogens is 504 g/mol. The van der Waals surface area contributed by atoms with E-state index in [-0.39, 0.29) is 12.5 Å². The van der Waals surface area contributed by atoms with Gasteiger partial charge in [0.05, 0.1) is 12.8 Å². The van der Waals surface area contributed by atoms with Crippen LogP contribution in [0.1, 0.15) is 50.8 Å². The predicted octanol–water partition coefficient (Wildman–Crippen LogP) is 3.65. The van der Waals surface area contributed by atoms with Gasteiger partial charge in [-0.1, -0.05) is 31.2 Å². The largest absolute Gasteiger partial charge is 0.497 e. The van der Waals surface area contributed by atoms with E-state index in [9.17, 15) is 18.0 Å². The average Bonchev–Trinajstić information content (AvgIpc) is 2.82. The van der Waals surface area contributed by atoms with Gasteiger partial charge in [-0.15, -0.1) is 0 Å². The number of aryl methyl sites for hydroxylation is 2. The molecule has 0 heterocycles. The minimum absolute atomic E-state index is 0.106. The normalized spacial score (nSPS) is 12.7. The van der Waals surface area contributed by atoms with Gasteiger partial charge in [0.2, 0.25) is 11.8 Å². The molecule has 0 bridgehead atoms. The lowest BCUT2D eigenvalue weighted by atomic mass is 10.1. The molecule has 0 spiro atoms. The zero-order valence-corrected chi connectivity index (χ0v) is 24.8. The molecule has 0 radical (unpaired) electrons. The third-order valence-electron chi connectivity index (χ3n) is 6.02. The Balaban J connectivity index is 2.59. The quantitative estimate of drug-likeness (QED) is 0.464. The second-order valence-electron chi connectivity index (χ2n) is 10.6. The number of nitrogens with one attached hydrogen (secondary N) is 1. The number of carbonyl (C=O) groups excluding carboxylic acids is 2. The minimum Gasteiger partial charge on any atom is -0.497 e. The van der Waals surface area contributed by atoms with E-state index in [2.05, 4.69) is 5.32 Å². The highest BCUT2D eigenvalue weighted by Gasteiger charge is 2.35. The van der Waals surface area contributed by atoms with E-state index >= 15 is 0 Å². The summed E-state index contributed by atoms with van der Waals surface area (Å²) >= 11 is 0. The Morgan fingerprint density at radius 1 is 1.05 bits per heavy atom. The fourth-order valence-corrected chi connectivity index (χ4v) is 5.14. The van der Waals surface area contributed by atoms with Gasteiger partial charge >= 0.3 is 10.2 Å². The summed E-state index contributed by atoms with van der Waals surface area (Å²) in [5.41, 5.74) is 2.25. The maximum Gasteiger partial charge on any atom is 0.304 e. The first kappa shape index (κ1) is 31.1. The van der Waals surface area contributed by atoms with Gasteiger partial charge in [0.25, 0.3) is 0 Å². The van der Waals surface area contributed by atoms with Crippen LogP contribution in [0.15, 0.2) is 42.5 Å². The average molecular weight is 547 g/mol. The van der Waals surface area contributed by atoms with E-state index in [1.807, 2.05) is 58.9 Å². The first-order valence-electron chi connectivity index (χ1n) is 12.6. The van der Waals surface area contributed by atoms with Crippen LogP contribution in [-0.2, 0) is 26.3 Å². The molecule has 1 N–H and O–H groups in total. The van der Waals surface area contributed by atoms with Gasteiger partial charge in [-0.05, 0) is 75.9 Å². The number of methoxy groups -OCH3 is 1. The second kappa shape index (κ2) is 12.6. The lowest BCUT2D eigenvalue weighted by Crippen LogP contribution is -2.55. The Morgan fingerprint density at radius 3 is 2.26 bits per heavy atom. The van der Waals surface area contributed by atoms with E-state index in [0.717, 1.165) is 19.7 Å². The Bertz CT molecular complexity index is 1240. The summed E-state index contributed by atoms with van der Waals surface area (Å²) in [5, 5.41) is 2.97. The molecule has 0 saturated carbocycles. The highest BCUT2D eigenvalue weighted by atomic mass is 32.2. The van der Waals surface area contributed by atoms with Crippen molar-refractivity contribution in [3.8, 4) is 5.75 Å². The van der Waals surface area contributed by atoms with Gasteiger partial charge in [0.15, 0.2) is 0 Å². The van der Waals surface area contributed by atoms with Gasteiger partial charge in [0.1, 0.15) is 18.3 Å². The number of anilines is 1. The molecule has 9 nitrogen and oxygen atoms in total. The van der Waals surface area contributed by atoms with Crippen molar-refractivity contribution in [1.29, 1.82) is 0 Å². The van der Waals surface area contributed by atoms with Crippen LogP contribution in [0.4, 0.5) is 5.69 Å². The smallest absolute Gasteiger partial charge is 0.304 e. The van der Waals surface area contributed by atoms with Gasteiger partial charge in [-0.2, -0.15) is 12.7 Å². The summed E-state index contributed by atoms with van der Waals surface area (Å²) in [7, 11) is 0.387. The molecule has 2 aromatic carbocycles. The van der Waals surface area contributed by atoms with E-state index in [4.69, 9.17) is 4.74 Å². The SMILES string of the molecule is CC[C@H](C(=O)NC(C)(C)C)N(Cc1cccc(OC)c1)C(=O)CN(c1cc(C)ccc1C)S(=O)(=O)N(C)C. The monoisotopic (exact) mass is 546 g/mol. The van der Waals surface area contributed by atoms with Crippen molar-refractivity contribution in [1.82, 2.24) is 14.5 Å². The predicted molar refractivity (Wildman–Crippen MR) is 151 cm³/mol. The van der Waals surface area contributed by atoms with E-state index in [1.165, 1.54) is 19.0 Å². The fraction of sp³-hybridized carbons (Fsp3) is 0.500. The van der Waals surface area contributed by atoms with Crippen molar-refractivity contribution in [2.24, 2.45) is 0 Å². The molecule has 0 aliphatic heterocycles. The van der Waals surface area contributed by atoms with Crippen molar-refractivity contribution >= 4 is 27.7 Å². The molecule has 0 fully saturated rings. The summed E-state index contributed by atoms with van der Waals surface area (Å²) in [4.78, 5) is 28.8. The highest BCUT2D eigenvalue weighted by Crippen LogP contribution is 2.26. The molecule has 2 aromatic rings. The molecule has 2 amide bonds. The summed E-state index contributed by atoms with van der Waals surface area (Å²) in [5.74, 6) is -0.172. The van der Waals surface area contributed by atoms with Crippen molar-refractivity contribution in [2.75, 3.05) is 32.1 Å². The summed E-state index contributed by atoms with van der Waals surface area (Å²) < 4.78 is 34.4. The van der Waals surface area contributed by atoms with Crippen LogP contribution in [0.2, 0.25) is 0 Å². The van der Waals surface area contributed by atoms with Crippen molar-refractivity contribution in [3.05, 3.63) is 59.2 Å². The van der Waals surface area contributed by atoms with E-state index < -0.39 is 34.2 Å². The zero-order valence-electron chi connectivity index (χ0n) is 24.0. The zero-order chi connectivity index (χ0) is 28.8. The van der Waals surface area contributed by atoms with Crippen LogP contribution in [0.3, 0.4) is 0 Å². The fourth-order valence-electron chi connectivity index (χ4n) is 4.03. The van der Waals surface area contributed by atoms with Crippen LogP contribution in [0.5, 0.6) is 5.75 Å². The molecule has 0 aromatic heterocycles. The van der Waals surface area contributed by atoms with Gasteiger partial charge in [-0.3, -0.25) is 9.59 Å². The molecule has 10 heteroatoms. The molecule has 1 atom stereocenters. The number of rotatable bonds is 11. The lowest BCUT2D eigenvalue weighted by Gasteiger charge is -2.35. The molecule has 38 heavy (non-hydrogen) atoms. The Kier molecular flexibility index (Phi) is 10.3. The number of hydrogen-bond donors (Lipinski definition) is 1. The van der Waals surface area contributed by atoms with Crippen molar-refractivity contribution in [3.63, 3.8) is 0 Å². The highest BCUT2D eigenvalue weighted by molar-refractivity contribution is 7.90. The summed E-state index contributed by atoms with van der Waals surface area (Å²) in [6.45, 7) is 10.8. The molecular formula is C28H42N4O5S. The molecule has 0 saturated heterocycles. The summed E-state index contributed by atoms with van der Waals surface area (Å²) in [6.07, 6.45) is 0.349. The third-order valence-corrected chi connectivity index (χ3v) is 7.83. The van der Waals surface area contributed by atoms with Crippen molar-refractivity contribution < 1.29 is 22.7 Å². The van der Waals surface area contributed by atoms with Crippen LogP contribution in [0, 0.1) is 13.8 Å². The molecule has 0 unspecified atom stereocenters. The standard InChI is InChI=1S/C28H42N4O5S/c1-10-24(27(34)29-28(4,5)6)31(18-22-12-11-13-23(17-22)37-9)26(33)19-32(38(35,36)30(7)8)25-16-20(2)14-15-21(25)3/h11-17,24H,10,18-19H2,1-9H3,(H,29,34)/t24-/m1/s1. The number of carbonyl (C=O) groups is 2. The Labute approximate surface area is 227 Å². The number of ether oxygens (including phenoxy) is 1. The van der Waals surface area contributed by atoms with Gasteiger partial charge in [0, 0.05) is 26.2 Å². The molecule has 0 aliphatic carbocycles. The van der Waals surface area contributed by atoms with E-state index in [1.54, 1.807) is 32.2 Å². The third kappa shape index (κ3) is 7.94. The van der Waals surface area contributed by atoms with Crippen LogP contribution >= 0.6 is 0 Å². The number of hydrogen-bond acceptors (Lipinski definition) is 5. The molecule has 2 rings (SSSR count). The summed E-state index contributed by atoms with van der Waals surface area (Å²) in [6, 6.07) is 11.9. The first-order valence-corrected chi connectivity index (χ1v) is 14.0. The maximum atomic E-state index is 14.0. The van der Waals surface area contributed by atoms with Crippen LogP contribution in [-0.4, -0.2) is 68.8 Å². The molecule has 0 aliphatic rings. The lowest BCUT2D eigenvalue weighted by molar-refractivity contribution is -0.141. The van der Waals surface area contributed by atoms with Crippen LogP contribution < -0.4 is 14.4 Å². The van der Waals surface area contributed by atoms with Gasteiger partial charge < -0.3 is 15.0 Å². The molecule has 210 valence electrons. The van der Waals surface area contributed by atoms with Gasteiger partial charge in [-0.25, -0.2) is 4.31 Å². The second-order valence-corrected chi connectivity index (χ2v) is 12.7. The Hall–Kier alpha value is -3.11. The van der Waals surface area contributed by atoms with Crippen LogP contribution in [0.25, 0.3) is 0 Å². The minimum atomic E-state index is -4.03. The maximum absolute atomic E-state index is 14.0. The van der Waals surface area contributed by atoms with E-state index in [0.29, 0.717) is 23.4 Å². The number of nitrogens with zero attached hydrogens (tertiary/aromatic N) is 3. The first-order chi connectivity index (χ1) is 17.6. The number of amides is 2. The number of benzene rings is 2. The van der Waals surface area contributed by atoms with Crippen molar-refractivity contribution in [2.45, 2.75) is 66.1 Å².